The molecule has 22 heavy (non-hydrogen) atoms. The third-order valence-corrected chi connectivity index (χ3v) is 2.57. The molecule has 2 rings (SSSR count). The normalized spacial score (nSPS) is 11.5. The number of nitrogens with zero attached hydrogens (tertiary/aromatic N) is 3. The first-order valence-corrected chi connectivity index (χ1v) is 7.04. The smallest absolute Gasteiger partial charge is 0.413 e. The van der Waals surface area contributed by atoms with E-state index in [1.54, 1.807) is 39.1 Å². The topological polar surface area (TPSA) is 90.1 Å². The van der Waals surface area contributed by atoms with Gasteiger partial charge in [-0.1, -0.05) is 13.8 Å². The second kappa shape index (κ2) is 6.13. The van der Waals surface area contributed by atoms with Gasteiger partial charge in [-0.2, -0.15) is 0 Å². The first kappa shape index (κ1) is 15.9. The maximum atomic E-state index is 11.7. The summed E-state index contributed by atoms with van der Waals surface area (Å²) < 4.78 is 10.8. The van der Waals surface area contributed by atoms with Crippen molar-refractivity contribution in [2.24, 2.45) is 0 Å². The molecule has 118 valence electrons. The predicted octanol–water partition coefficient (Wildman–Crippen LogP) is 3.60. The highest BCUT2D eigenvalue weighted by atomic mass is 16.6. The van der Waals surface area contributed by atoms with Crippen LogP contribution in [0.15, 0.2) is 22.7 Å². The molecule has 0 fully saturated rings. The van der Waals surface area contributed by atoms with E-state index in [1.807, 2.05) is 13.8 Å². The molecule has 0 saturated carbocycles. The number of ether oxygens (including phenoxy) is 1. The van der Waals surface area contributed by atoms with E-state index < -0.39 is 11.7 Å². The SMILES string of the molecule is CC(C)c1nnc(-c2ccnc(NC(=O)OC(C)(C)C)c2)o1. The van der Waals surface area contributed by atoms with Crippen LogP contribution in [0.4, 0.5) is 10.6 Å². The minimum Gasteiger partial charge on any atom is -0.444 e. The van der Waals surface area contributed by atoms with Crippen molar-refractivity contribution < 1.29 is 13.9 Å². The predicted molar refractivity (Wildman–Crippen MR) is 81.5 cm³/mol. The molecule has 0 aliphatic heterocycles. The van der Waals surface area contributed by atoms with Gasteiger partial charge in [0.15, 0.2) is 0 Å². The Labute approximate surface area is 129 Å². The zero-order valence-corrected chi connectivity index (χ0v) is 13.4. The lowest BCUT2D eigenvalue weighted by molar-refractivity contribution is 0.0635. The highest BCUT2D eigenvalue weighted by Crippen LogP contribution is 2.22. The average Bonchev–Trinajstić information content (AvgIpc) is 2.86. The van der Waals surface area contributed by atoms with Gasteiger partial charge in [0, 0.05) is 17.7 Å². The quantitative estimate of drug-likeness (QED) is 0.931. The third kappa shape index (κ3) is 4.28. The first-order valence-electron chi connectivity index (χ1n) is 7.04. The number of carbonyl (C=O) groups excluding carboxylic acids is 1. The van der Waals surface area contributed by atoms with Crippen molar-refractivity contribution in [3.63, 3.8) is 0 Å². The van der Waals surface area contributed by atoms with Crippen LogP contribution in [-0.4, -0.2) is 26.9 Å². The largest absolute Gasteiger partial charge is 0.444 e. The van der Waals surface area contributed by atoms with Gasteiger partial charge in [0.1, 0.15) is 11.4 Å². The lowest BCUT2D eigenvalue weighted by atomic mass is 10.2. The van der Waals surface area contributed by atoms with Crippen molar-refractivity contribution in [3.05, 3.63) is 24.2 Å². The number of anilines is 1. The molecule has 0 saturated heterocycles. The molecule has 0 atom stereocenters. The molecule has 2 heterocycles. The van der Waals surface area contributed by atoms with Crippen LogP contribution in [-0.2, 0) is 4.74 Å². The van der Waals surface area contributed by atoms with E-state index in [4.69, 9.17) is 9.15 Å². The number of aromatic nitrogens is 3. The van der Waals surface area contributed by atoms with Gasteiger partial charge in [0.05, 0.1) is 0 Å². The Morgan fingerprint density at radius 3 is 2.64 bits per heavy atom. The number of amides is 1. The van der Waals surface area contributed by atoms with Gasteiger partial charge in [0.25, 0.3) is 0 Å². The van der Waals surface area contributed by atoms with Crippen LogP contribution in [0.25, 0.3) is 11.5 Å². The fourth-order valence-corrected chi connectivity index (χ4v) is 1.62. The van der Waals surface area contributed by atoms with Gasteiger partial charge in [-0.05, 0) is 32.9 Å². The van der Waals surface area contributed by atoms with Crippen molar-refractivity contribution in [1.82, 2.24) is 15.2 Å². The van der Waals surface area contributed by atoms with Gasteiger partial charge in [0.2, 0.25) is 11.8 Å². The molecule has 2 aromatic rings. The standard InChI is InChI=1S/C15H20N4O3/c1-9(2)12-18-19-13(21-12)10-6-7-16-11(8-10)17-14(20)22-15(3,4)5/h6-9H,1-5H3,(H,16,17,20). The molecule has 1 N–H and O–H groups in total. The Balaban J connectivity index is 2.14. The summed E-state index contributed by atoms with van der Waals surface area (Å²) in [4.78, 5) is 15.8. The Bertz CT molecular complexity index is 659. The lowest BCUT2D eigenvalue weighted by Crippen LogP contribution is -2.27. The summed E-state index contributed by atoms with van der Waals surface area (Å²) in [5.41, 5.74) is 0.112. The van der Waals surface area contributed by atoms with Crippen LogP contribution in [0.5, 0.6) is 0 Å². The third-order valence-electron chi connectivity index (χ3n) is 2.57. The van der Waals surface area contributed by atoms with Crippen LogP contribution < -0.4 is 5.32 Å². The maximum Gasteiger partial charge on any atom is 0.413 e. The second-order valence-electron chi connectivity index (χ2n) is 6.16. The Morgan fingerprint density at radius 2 is 2.05 bits per heavy atom. The molecule has 0 spiro atoms. The van der Waals surface area contributed by atoms with Crippen molar-refractivity contribution in [2.75, 3.05) is 5.32 Å². The van der Waals surface area contributed by atoms with E-state index in [0.717, 1.165) is 0 Å². The summed E-state index contributed by atoms with van der Waals surface area (Å²) in [6.45, 7) is 9.33. The average molecular weight is 304 g/mol. The van der Waals surface area contributed by atoms with Gasteiger partial charge in [-0.15, -0.1) is 10.2 Å². The molecule has 0 unspecified atom stereocenters. The van der Waals surface area contributed by atoms with Crippen LogP contribution >= 0.6 is 0 Å². The van der Waals surface area contributed by atoms with Crippen LogP contribution in [0.1, 0.15) is 46.4 Å². The number of carbonyl (C=O) groups is 1. The second-order valence-corrected chi connectivity index (χ2v) is 6.16. The zero-order valence-electron chi connectivity index (χ0n) is 13.4. The molecule has 7 nitrogen and oxygen atoms in total. The van der Waals surface area contributed by atoms with Crippen molar-refractivity contribution in [2.45, 2.75) is 46.1 Å². The fourth-order valence-electron chi connectivity index (χ4n) is 1.62. The van der Waals surface area contributed by atoms with Crippen LogP contribution in [0.2, 0.25) is 0 Å². The van der Waals surface area contributed by atoms with E-state index in [0.29, 0.717) is 23.2 Å². The number of hydrogen-bond acceptors (Lipinski definition) is 6. The van der Waals surface area contributed by atoms with Crippen LogP contribution in [0.3, 0.4) is 0 Å². The summed E-state index contributed by atoms with van der Waals surface area (Å²) in [6.07, 6.45) is 0.993. The van der Waals surface area contributed by atoms with Gasteiger partial charge < -0.3 is 9.15 Å². The molecule has 2 aromatic heterocycles. The van der Waals surface area contributed by atoms with E-state index in [9.17, 15) is 4.79 Å². The fraction of sp³-hybridized carbons (Fsp3) is 0.467. The van der Waals surface area contributed by atoms with Gasteiger partial charge >= 0.3 is 6.09 Å². The highest BCUT2D eigenvalue weighted by molar-refractivity contribution is 5.84. The highest BCUT2D eigenvalue weighted by Gasteiger charge is 2.17. The summed E-state index contributed by atoms with van der Waals surface area (Å²) >= 11 is 0. The molecule has 7 heteroatoms. The molecular formula is C15H20N4O3. The molecule has 0 aliphatic carbocycles. The molecule has 0 radical (unpaired) electrons. The number of rotatable bonds is 3. The summed E-state index contributed by atoms with van der Waals surface area (Å²) in [5, 5.41) is 10.6. The molecule has 1 amide bonds. The summed E-state index contributed by atoms with van der Waals surface area (Å²) in [5.74, 6) is 1.46. The van der Waals surface area contributed by atoms with Crippen LogP contribution in [0, 0.1) is 0 Å². The van der Waals surface area contributed by atoms with E-state index in [-0.39, 0.29) is 5.92 Å². The first-order chi connectivity index (χ1) is 10.2. The van der Waals surface area contributed by atoms with Gasteiger partial charge in [-0.3, -0.25) is 5.32 Å². The minimum absolute atomic E-state index is 0.155. The van der Waals surface area contributed by atoms with Gasteiger partial charge in [-0.25, -0.2) is 9.78 Å². The molecule has 0 aliphatic rings. The maximum absolute atomic E-state index is 11.7. The Hall–Kier alpha value is -2.44. The minimum atomic E-state index is -0.569. The molecular weight excluding hydrogens is 284 g/mol. The van der Waals surface area contributed by atoms with Crippen molar-refractivity contribution in [1.29, 1.82) is 0 Å². The zero-order chi connectivity index (χ0) is 16.3. The van der Waals surface area contributed by atoms with Crippen molar-refractivity contribution in [3.8, 4) is 11.5 Å². The van der Waals surface area contributed by atoms with E-state index >= 15 is 0 Å². The molecule has 0 aromatic carbocycles. The number of nitrogens with one attached hydrogen (secondary N) is 1. The Kier molecular flexibility index (Phi) is 4.44. The van der Waals surface area contributed by atoms with E-state index in [2.05, 4.69) is 20.5 Å². The number of hydrogen-bond donors (Lipinski definition) is 1. The Morgan fingerprint density at radius 1 is 1.32 bits per heavy atom. The monoisotopic (exact) mass is 304 g/mol. The lowest BCUT2D eigenvalue weighted by Gasteiger charge is -2.19. The summed E-state index contributed by atoms with van der Waals surface area (Å²) in [7, 11) is 0. The number of pyridine rings is 1. The van der Waals surface area contributed by atoms with Crippen molar-refractivity contribution >= 4 is 11.9 Å². The summed E-state index contributed by atoms with van der Waals surface area (Å²) in [6, 6.07) is 3.39. The van der Waals surface area contributed by atoms with E-state index in [1.165, 1.54) is 0 Å². The molecule has 0 bridgehead atoms.